The molecule has 2 N–H and O–H groups in total. The molecule has 1 saturated heterocycles. The molecule has 0 unspecified atom stereocenters. The number of fused-ring (bicyclic) bond motifs is 1. The molecule has 0 bridgehead atoms. The van der Waals surface area contributed by atoms with E-state index in [0.29, 0.717) is 39.6 Å². The van der Waals surface area contributed by atoms with Gasteiger partial charge in [-0.25, -0.2) is 19.7 Å². The molecule has 3 aromatic heterocycles. The molecule has 2 aromatic carbocycles. The first-order valence-corrected chi connectivity index (χ1v) is 13.2. The Morgan fingerprint density at radius 1 is 1.00 bits per heavy atom. The molecule has 0 saturated carbocycles. The van der Waals surface area contributed by atoms with Crippen LogP contribution in [-0.2, 0) is 4.74 Å². The minimum Gasteiger partial charge on any atom is -0.497 e. The number of carbonyl (C=O) groups is 1. The molecule has 1 amide bonds. The second kappa shape index (κ2) is 11.0. The lowest BCUT2D eigenvalue weighted by atomic mass is 10.2. The maximum absolute atomic E-state index is 12.7. The van der Waals surface area contributed by atoms with Gasteiger partial charge in [0.1, 0.15) is 17.2 Å². The average Bonchev–Trinajstić information content (AvgIpc) is 3.55. The molecule has 0 atom stereocenters. The van der Waals surface area contributed by atoms with Crippen molar-refractivity contribution in [2.45, 2.75) is 0 Å². The molecule has 6 rings (SSSR count). The molecule has 5 aromatic rings. The van der Waals surface area contributed by atoms with Crippen molar-refractivity contribution in [3.05, 3.63) is 72.4 Å². The molecule has 4 heterocycles. The van der Waals surface area contributed by atoms with Gasteiger partial charge in [0.15, 0.2) is 10.8 Å². The number of nitrogens with one attached hydrogen (secondary N) is 2. The van der Waals surface area contributed by atoms with Gasteiger partial charge in [0, 0.05) is 42.2 Å². The number of morpholine rings is 1. The maximum Gasteiger partial charge on any atom is 0.418 e. The third-order valence-electron chi connectivity index (χ3n) is 6.15. The van der Waals surface area contributed by atoms with E-state index in [-0.39, 0.29) is 0 Å². The number of carbonyl (C=O) groups excluding carboxylic acids is 1. The summed E-state index contributed by atoms with van der Waals surface area (Å²) in [6, 6.07) is 16.6. The van der Waals surface area contributed by atoms with E-state index in [1.165, 1.54) is 11.3 Å². The highest BCUT2D eigenvalue weighted by Gasteiger charge is 2.20. The first-order valence-electron chi connectivity index (χ1n) is 12.3. The number of aromatic nitrogens is 4. The van der Waals surface area contributed by atoms with Crippen LogP contribution in [0.4, 0.5) is 27.9 Å². The standard InChI is InChI=1S/C27H25N7O4S/c1-36-20-6-8-21(9-7-20)38-27(35)32-24-23(34-14-17-39-26(34)31-24)22-10-11-28-25(30-22)29-18-2-4-19(5-3-18)33-12-15-37-16-13-33/h2-11,14,17H,12-13,15-16H2,1H3,(H,32,35)(H,28,29,30). The van der Waals surface area contributed by atoms with Gasteiger partial charge in [-0.2, -0.15) is 0 Å². The summed E-state index contributed by atoms with van der Waals surface area (Å²) in [7, 11) is 1.57. The third-order valence-corrected chi connectivity index (χ3v) is 6.91. The van der Waals surface area contributed by atoms with E-state index in [1.54, 1.807) is 43.6 Å². The lowest BCUT2D eigenvalue weighted by Gasteiger charge is -2.28. The Morgan fingerprint density at radius 3 is 2.54 bits per heavy atom. The fourth-order valence-corrected chi connectivity index (χ4v) is 4.96. The monoisotopic (exact) mass is 543 g/mol. The fraction of sp³-hybridized carbons (Fsp3) is 0.185. The molecule has 1 aliphatic heterocycles. The molecular formula is C27H25N7O4S. The van der Waals surface area contributed by atoms with Crippen molar-refractivity contribution in [3.63, 3.8) is 0 Å². The zero-order valence-corrected chi connectivity index (χ0v) is 21.9. The second-order valence-electron chi connectivity index (χ2n) is 8.59. The van der Waals surface area contributed by atoms with Gasteiger partial charge in [-0.1, -0.05) is 0 Å². The van der Waals surface area contributed by atoms with Crippen LogP contribution in [0.5, 0.6) is 11.5 Å². The minimum atomic E-state index is -0.667. The van der Waals surface area contributed by atoms with E-state index in [9.17, 15) is 4.79 Å². The van der Waals surface area contributed by atoms with Crippen LogP contribution in [0.2, 0.25) is 0 Å². The number of hydrogen-bond donors (Lipinski definition) is 2. The Labute approximate surface area is 228 Å². The molecule has 0 aliphatic carbocycles. The number of nitrogens with zero attached hydrogens (tertiary/aromatic N) is 5. The number of methoxy groups -OCH3 is 1. The van der Waals surface area contributed by atoms with Gasteiger partial charge < -0.3 is 24.4 Å². The van der Waals surface area contributed by atoms with Crippen LogP contribution >= 0.6 is 11.3 Å². The van der Waals surface area contributed by atoms with Crippen molar-refractivity contribution >= 4 is 45.5 Å². The summed E-state index contributed by atoms with van der Waals surface area (Å²) in [6.45, 7) is 3.24. The summed E-state index contributed by atoms with van der Waals surface area (Å²) in [6.07, 6.45) is 2.87. The lowest BCUT2D eigenvalue weighted by Crippen LogP contribution is -2.36. The summed E-state index contributed by atoms with van der Waals surface area (Å²) < 4.78 is 17.9. The summed E-state index contributed by atoms with van der Waals surface area (Å²) in [5.41, 5.74) is 3.21. The molecule has 0 spiro atoms. The number of benzene rings is 2. The second-order valence-corrected chi connectivity index (χ2v) is 9.46. The Kier molecular flexibility index (Phi) is 6.93. The van der Waals surface area contributed by atoms with Crippen molar-refractivity contribution in [2.75, 3.05) is 48.9 Å². The predicted octanol–water partition coefficient (Wildman–Crippen LogP) is 5.05. The number of ether oxygens (including phenoxy) is 3. The molecule has 39 heavy (non-hydrogen) atoms. The fourth-order valence-electron chi connectivity index (χ4n) is 4.25. The Balaban J connectivity index is 1.21. The van der Waals surface area contributed by atoms with Crippen molar-refractivity contribution in [2.24, 2.45) is 0 Å². The van der Waals surface area contributed by atoms with Crippen LogP contribution in [0.15, 0.2) is 72.4 Å². The Morgan fingerprint density at radius 2 is 1.77 bits per heavy atom. The van der Waals surface area contributed by atoms with E-state index in [4.69, 9.17) is 19.2 Å². The molecule has 11 nitrogen and oxygen atoms in total. The van der Waals surface area contributed by atoms with Crippen LogP contribution in [0.3, 0.4) is 0 Å². The van der Waals surface area contributed by atoms with Crippen LogP contribution in [0, 0.1) is 0 Å². The highest BCUT2D eigenvalue weighted by molar-refractivity contribution is 7.15. The van der Waals surface area contributed by atoms with Crippen LogP contribution in [0.1, 0.15) is 0 Å². The lowest BCUT2D eigenvalue weighted by molar-refractivity contribution is 0.122. The normalized spacial score (nSPS) is 13.3. The van der Waals surface area contributed by atoms with Crippen molar-refractivity contribution in [3.8, 4) is 22.9 Å². The average molecular weight is 544 g/mol. The highest BCUT2D eigenvalue weighted by atomic mass is 32.1. The Hall–Kier alpha value is -4.68. The highest BCUT2D eigenvalue weighted by Crippen LogP contribution is 2.31. The van der Waals surface area contributed by atoms with Crippen molar-refractivity contribution in [1.82, 2.24) is 19.4 Å². The van der Waals surface area contributed by atoms with Gasteiger partial charge in [0.25, 0.3) is 0 Å². The van der Waals surface area contributed by atoms with E-state index in [2.05, 4.69) is 37.6 Å². The summed E-state index contributed by atoms with van der Waals surface area (Å²) in [5.74, 6) is 1.80. The summed E-state index contributed by atoms with van der Waals surface area (Å²) in [4.78, 5) is 29.4. The molecule has 198 valence electrons. The topological polar surface area (TPSA) is 115 Å². The molecular weight excluding hydrogens is 518 g/mol. The van der Waals surface area contributed by atoms with E-state index in [0.717, 1.165) is 37.7 Å². The van der Waals surface area contributed by atoms with Crippen molar-refractivity contribution in [1.29, 1.82) is 0 Å². The third kappa shape index (κ3) is 5.47. The molecule has 12 heteroatoms. The quantitative estimate of drug-likeness (QED) is 0.291. The van der Waals surface area contributed by atoms with Gasteiger partial charge >= 0.3 is 6.09 Å². The first-order chi connectivity index (χ1) is 19.2. The van der Waals surface area contributed by atoms with Crippen molar-refractivity contribution < 1.29 is 19.0 Å². The minimum absolute atomic E-state index is 0.333. The zero-order valence-electron chi connectivity index (χ0n) is 21.0. The SMILES string of the molecule is COc1ccc(OC(=O)Nc2nc3sccn3c2-c2ccnc(Nc3ccc(N4CCOCC4)cc3)n2)cc1. The van der Waals surface area contributed by atoms with Gasteiger partial charge in [-0.05, 0) is 54.6 Å². The first kappa shape index (κ1) is 24.6. The van der Waals surface area contributed by atoms with Gasteiger partial charge in [-0.15, -0.1) is 11.3 Å². The number of imidazole rings is 1. The molecule has 1 aliphatic rings. The van der Waals surface area contributed by atoms with Crippen LogP contribution < -0.4 is 25.0 Å². The molecule has 1 fully saturated rings. The van der Waals surface area contributed by atoms with Gasteiger partial charge in [0.05, 0.1) is 26.0 Å². The predicted molar refractivity (Wildman–Crippen MR) is 149 cm³/mol. The van der Waals surface area contributed by atoms with Gasteiger partial charge in [-0.3, -0.25) is 9.72 Å². The number of hydrogen-bond acceptors (Lipinski definition) is 10. The Bertz CT molecular complexity index is 1580. The van der Waals surface area contributed by atoms with E-state index < -0.39 is 6.09 Å². The van der Waals surface area contributed by atoms with Gasteiger partial charge in [0.2, 0.25) is 5.95 Å². The largest absolute Gasteiger partial charge is 0.497 e. The number of thiazole rings is 1. The number of rotatable bonds is 7. The smallest absolute Gasteiger partial charge is 0.418 e. The zero-order chi connectivity index (χ0) is 26.6. The summed E-state index contributed by atoms with van der Waals surface area (Å²) in [5, 5.41) is 7.94. The number of amides is 1. The molecule has 0 radical (unpaired) electrons. The van der Waals surface area contributed by atoms with Crippen LogP contribution in [-0.4, -0.2) is 58.9 Å². The number of anilines is 4. The van der Waals surface area contributed by atoms with E-state index >= 15 is 0 Å². The van der Waals surface area contributed by atoms with Crippen LogP contribution in [0.25, 0.3) is 16.3 Å². The van der Waals surface area contributed by atoms with E-state index in [1.807, 2.05) is 28.1 Å². The maximum atomic E-state index is 12.7. The summed E-state index contributed by atoms with van der Waals surface area (Å²) >= 11 is 1.45.